The second kappa shape index (κ2) is 9.68. The van der Waals surface area contributed by atoms with Crippen LogP contribution in [0.3, 0.4) is 0 Å². The van der Waals surface area contributed by atoms with E-state index in [1.807, 2.05) is 22.7 Å². The summed E-state index contributed by atoms with van der Waals surface area (Å²) in [7, 11) is -0.518. The van der Waals surface area contributed by atoms with Crippen molar-refractivity contribution in [2.75, 3.05) is 0 Å². The van der Waals surface area contributed by atoms with Gasteiger partial charge >= 0.3 is 0 Å². The zero-order valence-electron chi connectivity index (χ0n) is 18.2. The van der Waals surface area contributed by atoms with Crippen molar-refractivity contribution in [1.82, 2.24) is 0 Å². The van der Waals surface area contributed by atoms with Gasteiger partial charge < -0.3 is 0 Å². The first-order chi connectivity index (χ1) is 16.7. The van der Waals surface area contributed by atoms with Crippen LogP contribution in [0.5, 0.6) is 0 Å². The van der Waals surface area contributed by atoms with Crippen molar-refractivity contribution in [2.45, 2.75) is 4.90 Å². The van der Waals surface area contributed by atoms with Crippen molar-refractivity contribution in [3.8, 4) is 11.1 Å². The number of hydrogen-bond donors (Lipinski definition) is 0. The highest BCUT2D eigenvalue weighted by molar-refractivity contribution is 9.10. The first kappa shape index (κ1) is 22.1. The lowest BCUT2D eigenvalue weighted by Gasteiger charge is -2.18. The van der Waals surface area contributed by atoms with Gasteiger partial charge in [0.15, 0.2) is 0 Å². The molecule has 0 saturated carbocycles. The fraction of sp³-hybridized carbons (Fsp3) is 0. The lowest BCUT2D eigenvalue weighted by molar-refractivity contribution is 1.47. The van der Waals surface area contributed by atoms with E-state index in [9.17, 15) is 0 Å². The molecule has 0 unspecified atom stereocenters. The second-order valence-electron chi connectivity index (χ2n) is 8.03. The van der Waals surface area contributed by atoms with Gasteiger partial charge in [-0.1, -0.05) is 106 Å². The van der Waals surface area contributed by atoms with Gasteiger partial charge in [-0.2, -0.15) is 0 Å². The van der Waals surface area contributed by atoms with Gasteiger partial charge in [-0.25, -0.2) is 0 Å². The Hall–Kier alpha value is -2.42. The average molecular weight is 556 g/mol. The number of thiophene rings is 1. The monoisotopic (exact) mass is 554 g/mol. The summed E-state index contributed by atoms with van der Waals surface area (Å²) in [5, 5.41) is 5.42. The fourth-order valence-electron chi connectivity index (χ4n) is 4.12. The van der Waals surface area contributed by atoms with Gasteiger partial charge in [0, 0.05) is 36.7 Å². The second-order valence-corrected chi connectivity index (χ2v) is 14.0. The Balaban J connectivity index is 1.32. The van der Waals surface area contributed by atoms with Gasteiger partial charge in [-0.3, -0.25) is 0 Å². The third kappa shape index (κ3) is 4.46. The van der Waals surface area contributed by atoms with Crippen LogP contribution in [0.1, 0.15) is 0 Å². The Morgan fingerprint density at radius 3 is 1.76 bits per heavy atom. The Morgan fingerprint density at radius 2 is 1.12 bits per heavy atom. The molecule has 0 atom stereocenters. The van der Waals surface area contributed by atoms with Crippen LogP contribution in [0.2, 0.25) is 0 Å². The molecule has 4 heteroatoms. The molecule has 1 heterocycles. The minimum atomic E-state index is -0.518. The summed E-state index contributed by atoms with van der Waals surface area (Å²) in [5.41, 5.74) is 2.52. The van der Waals surface area contributed by atoms with Gasteiger partial charge in [-0.15, -0.1) is 11.3 Å². The largest absolute Gasteiger partial charge is 0.135 e. The first-order valence-electron chi connectivity index (χ1n) is 11.0. The molecule has 0 radical (unpaired) electrons. The summed E-state index contributed by atoms with van der Waals surface area (Å²) in [6, 6.07) is 44.2. The maximum Gasteiger partial charge on any atom is 0.0356 e. The Bertz CT molecular complexity index is 1540. The van der Waals surface area contributed by atoms with E-state index in [0.717, 1.165) is 4.47 Å². The zero-order valence-corrected chi connectivity index (χ0v) is 22.3. The van der Waals surface area contributed by atoms with Crippen molar-refractivity contribution in [2.24, 2.45) is 0 Å². The number of fused-ring (bicyclic) bond motifs is 3. The molecule has 0 saturated heterocycles. The summed E-state index contributed by atoms with van der Waals surface area (Å²) in [6.07, 6.45) is 0. The lowest BCUT2D eigenvalue weighted by atomic mass is 10.0. The summed E-state index contributed by atoms with van der Waals surface area (Å²) < 4.78 is 3.79. The number of rotatable bonds is 5. The molecule has 0 fully saturated rings. The Kier molecular flexibility index (Phi) is 6.28. The third-order valence-electron chi connectivity index (χ3n) is 5.80. The summed E-state index contributed by atoms with van der Waals surface area (Å²) in [6.45, 7) is 0. The molecule has 0 spiro atoms. The maximum atomic E-state index is 3.63. The molecule has 6 rings (SSSR count). The van der Waals surface area contributed by atoms with E-state index < -0.39 is 7.12 Å². The molecule has 0 bridgehead atoms. The SMILES string of the molecule is Brc1ccc2sc3ccc(-c4ccc(SP(c5ccccc5)c5ccccc5)cc4)cc3c2c1. The number of hydrogen-bond acceptors (Lipinski definition) is 2. The smallest absolute Gasteiger partial charge is 0.0356 e. The van der Waals surface area contributed by atoms with Crippen molar-refractivity contribution >= 4 is 76.6 Å². The van der Waals surface area contributed by atoms with E-state index >= 15 is 0 Å². The van der Waals surface area contributed by atoms with E-state index in [2.05, 4.69) is 137 Å². The molecule has 0 aliphatic carbocycles. The molecule has 34 heavy (non-hydrogen) atoms. The predicted octanol–water partition coefficient (Wildman–Crippen LogP) is 9.62. The standard InChI is InChI=1S/C30H20BrPS2/c31-23-14-18-30-28(20-23)27-19-22(13-17-29(27)33-30)21-11-15-26(16-12-21)34-32(24-7-3-1-4-8-24)25-9-5-2-6-10-25/h1-20H. The summed E-state index contributed by atoms with van der Waals surface area (Å²) >= 11 is 7.46. The van der Waals surface area contributed by atoms with Crippen molar-refractivity contribution in [1.29, 1.82) is 0 Å². The van der Waals surface area contributed by atoms with Crippen LogP contribution >= 0.6 is 45.8 Å². The molecule has 0 amide bonds. The van der Waals surface area contributed by atoms with E-state index in [1.54, 1.807) is 0 Å². The quantitative estimate of drug-likeness (QED) is 0.191. The van der Waals surface area contributed by atoms with E-state index in [-0.39, 0.29) is 0 Å². The molecule has 0 N–H and O–H groups in total. The normalized spacial score (nSPS) is 11.5. The predicted molar refractivity (Wildman–Crippen MR) is 157 cm³/mol. The van der Waals surface area contributed by atoms with Gasteiger partial charge in [0.2, 0.25) is 0 Å². The fourth-order valence-corrected chi connectivity index (χ4v) is 9.78. The lowest BCUT2D eigenvalue weighted by Crippen LogP contribution is -2.08. The Morgan fingerprint density at radius 1 is 0.559 bits per heavy atom. The van der Waals surface area contributed by atoms with Gasteiger partial charge in [0.05, 0.1) is 0 Å². The zero-order chi connectivity index (χ0) is 22.9. The van der Waals surface area contributed by atoms with E-state index in [0.29, 0.717) is 0 Å². The number of halogens is 1. The van der Waals surface area contributed by atoms with Crippen molar-refractivity contribution < 1.29 is 0 Å². The molecular weight excluding hydrogens is 535 g/mol. The van der Waals surface area contributed by atoms with Gasteiger partial charge in [-0.05, 0) is 64.2 Å². The Labute approximate surface area is 217 Å². The molecule has 5 aromatic carbocycles. The van der Waals surface area contributed by atoms with Gasteiger partial charge in [0.25, 0.3) is 0 Å². The highest BCUT2D eigenvalue weighted by Gasteiger charge is 2.15. The van der Waals surface area contributed by atoms with Crippen molar-refractivity contribution in [3.05, 3.63) is 126 Å². The minimum absolute atomic E-state index is 0.518. The van der Waals surface area contributed by atoms with Gasteiger partial charge in [0.1, 0.15) is 0 Å². The molecular formula is C30H20BrPS2. The maximum absolute atomic E-state index is 3.63. The van der Waals surface area contributed by atoms with E-state index in [1.165, 1.54) is 46.8 Å². The highest BCUT2D eigenvalue weighted by atomic mass is 79.9. The van der Waals surface area contributed by atoms with Crippen LogP contribution in [0.25, 0.3) is 31.3 Å². The number of benzene rings is 5. The molecule has 0 nitrogen and oxygen atoms in total. The van der Waals surface area contributed by atoms with Crippen molar-refractivity contribution in [3.63, 3.8) is 0 Å². The first-order valence-corrected chi connectivity index (χ1v) is 15.4. The molecule has 1 aromatic heterocycles. The van der Waals surface area contributed by atoms with Crippen LogP contribution < -0.4 is 10.6 Å². The molecule has 164 valence electrons. The van der Waals surface area contributed by atoms with Crippen LogP contribution in [-0.4, -0.2) is 0 Å². The van der Waals surface area contributed by atoms with Crippen LogP contribution in [0.4, 0.5) is 0 Å². The average Bonchev–Trinajstić information content (AvgIpc) is 3.26. The van der Waals surface area contributed by atoms with Crippen LogP contribution in [-0.2, 0) is 0 Å². The van der Waals surface area contributed by atoms with E-state index in [4.69, 9.17) is 0 Å². The van der Waals surface area contributed by atoms with Crippen LogP contribution in [0.15, 0.2) is 131 Å². The summed E-state index contributed by atoms with van der Waals surface area (Å²) in [5.74, 6) is 0. The molecule has 0 aliphatic rings. The minimum Gasteiger partial charge on any atom is -0.135 e. The molecule has 0 aliphatic heterocycles. The highest BCUT2D eigenvalue weighted by Crippen LogP contribution is 2.52. The topological polar surface area (TPSA) is 0 Å². The molecule has 6 aromatic rings. The van der Waals surface area contributed by atoms with Crippen LogP contribution in [0, 0.1) is 0 Å². The third-order valence-corrected chi connectivity index (χ3v) is 12.1. The summed E-state index contributed by atoms with van der Waals surface area (Å²) in [4.78, 5) is 1.30.